The van der Waals surface area contributed by atoms with E-state index >= 15 is 0 Å². The van der Waals surface area contributed by atoms with Crippen LogP contribution in [0, 0.1) is 11.8 Å². The fraction of sp³-hybridized carbons (Fsp3) is 0.529. The number of esters is 1. The third kappa shape index (κ3) is 2.43. The zero-order chi connectivity index (χ0) is 15.0. The minimum absolute atomic E-state index is 0.0539. The second-order valence-corrected chi connectivity index (χ2v) is 5.88. The molecule has 0 N–H and O–H groups in total. The Morgan fingerprint density at radius 1 is 1.33 bits per heavy atom. The van der Waals surface area contributed by atoms with Crippen molar-refractivity contribution >= 4 is 11.9 Å². The Labute approximate surface area is 125 Å². The number of ether oxygens (including phenoxy) is 1. The molecule has 0 bridgehead atoms. The van der Waals surface area contributed by atoms with E-state index in [4.69, 9.17) is 0 Å². The average Bonchev–Trinajstić information content (AvgIpc) is 3.26. The van der Waals surface area contributed by atoms with Crippen molar-refractivity contribution in [2.45, 2.75) is 25.7 Å². The number of hydrogen-bond donors (Lipinski definition) is 0. The molecular weight excluding hydrogens is 266 g/mol. The van der Waals surface area contributed by atoms with Crippen LogP contribution in [0.5, 0.6) is 0 Å². The molecule has 0 radical (unpaired) electrons. The van der Waals surface area contributed by atoms with Gasteiger partial charge in [-0.05, 0) is 42.7 Å². The number of aryl methyl sites for hydroxylation is 1. The Morgan fingerprint density at radius 3 is 2.81 bits per heavy atom. The first kappa shape index (κ1) is 14.1. The summed E-state index contributed by atoms with van der Waals surface area (Å²) in [6, 6.07) is 8.43. The van der Waals surface area contributed by atoms with Gasteiger partial charge in [0.2, 0.25) is 5.91 Å². The highest BCUT2D eigenvalue weighted by atomic mass is 16.5. The van der Waals surface area contributed by atoms with Gasteiger partial charge in [-0.2, -0.15) is 0 Å². The highest BCUT2D eigenvalue weighted by Crippen LogP contribution is 2.60. The molecule has 0 spiro atoms. The van der Waals surface area contributed by atoms with E-state index in [0.29, 0.717) is 18.4 Å². The van der Waals surface area contributed by atoms with E-state index in [1.807, 2.05) is 13.0 Å². The summed E-state index contributed by atoms with van der Waals surface area (Å²) in [6.07, 6.45) is 2.14. The van der Waals surface area contributed by atoms with Crippen LogP contribution >= 0.6 is 0 Å². The Bertz CT molecular complexity index is 569. The predicted octanol–water partition coefficient (Wildman–Crippen LogP) is 1.98. The number of carbonyl (C=O) groups excluding carboxylic acids is 2. The van der Waals surface area contributed by atoms with E-state index < -0.39 is 0 Å². The van der Waals surface area contributed by atoms with Gasteiger partial charge >= 0.3 is 5.97 Å². The van der Waals surface area contributed by atoms with E-state index in [2.05, 4.69) is 22.9 Å². The lowest BCUT2D eigenvalue weighted by Gasteiger charge is -2.19. The van der Waals surface area contributed by atoms with Gasteiger partial charge in [-0.25, -0.2) is 0 Å². The summed E-state index contributed by atoms with van der Waals surface area (Å²) in [5, 5.41) is 0. The fourth-order valence-corrected chi connectivity index (χ4v) is 3.68. The van der Waals surface area contributed by atoms with E-state index in [9.17, 15) is 9.59 Å². The lowest BCUT2D eigenvalue weighted by Crippen LogP contribution is -2.37. The van der Waals surface area contributed by atoms with Gasteiger partial charge < -0.3 is 9.64 Å². The molecule has 3 atom stereocenters. The quantitative estimate of drug-likeness (QED) is 0.796. The number of methoxy groups -OCH3 is 1. The van der Waals surface area contributed by atoms with Crippen molar-refractivity contribution in [2.24, 2.45) is 11.8 Å². The summed E-state index contributed by atoms with van der Waals surface area (Å²) in [5.74, 6) is 0.621. The van der Waals surface area contributed by atoms with Crippen molar-refractivity contribution in [3.8, 4) is 0 Å². The van der Waals surface area contributed by atoms with Gasteiger partial charge in [0, 0.05) is 12.5 Å². The zero-order valence-corrected chi connectivity index (χ0v) is 12.5. The van der Waals surface area contributed by atoms with Crippen LogP contribution in [0.4, 0.5) is 0 Å². The number of fused-ring (bicyclic) bond motifs is 3. The molecule has 2 aliphatic rings. The summed E-state index contributed by atoms with van der Waals surface area (Å²) < 4.78 is 4.67. The monoisotopic (exact) mass is 287 g/mol. The summed E-state index contributed by atoms with van der Waals surface area (Å²) in [4.78, 5) is 25.7. The molecule has 1 fully saturated rings. The van der Waals surface area contributed by atoms with Gasteiger partial charge in [0.1, 0.15) is 6.54 Å². The first-order valence-electron chi connectivity index (χ1n) is 7.60. The maximum absolute atomic E-state index is 12.7. The highest BCUT2D eigenvalue weighted by Gasteiger charge is 2.57. The highest BCUT2D eigenvalue weighted by molar-refractivity contribution is 5.87. The van der Waals surface area contributed by atoms with Crippen LogP contribution in [0.1, 0.15) is 30.4 Å². The minimum atomic E-state index is -0.353. The molecule has 4 heteroatoms. The molecule has 4 nitrogen and oxygen atoms in total. The SMILES string of the molecule is CCN(CC(=O)OC)C(=O)C1C2CCc3ccccc3C21. The number of benzene rings is 1. The van der Waals surface area contributed by atoms with Crippen LogP contribution in [0.2, 0.25) is 0 Å². The Morgan fingerprint density at radius 2 is 2.10 bits per heavy atom. The van der Waals surface area contributed by atoms with Gasteiger partial charge in [0.15, 0.2) is 0 Å². The normalized spacial score (nSPS) is 25.5. The molecule has 3 unspecified atom stereocenters. The zero-order valence-electron chi connectivity index (χ0n) is 12.5. The maximum Gasteiger partial charge on any atom is 0.325 e. The van der Waals surface area contributed by atoms with Crippen LogP contribution in [-0.4, -0.2) is 37.0 Å². The van der Waals surface area contributed by atoms with Gasteiger partial charge in [-0.15, -0.1) is 0 Å². The summed E-state index contributed by atoms with van der Waals surface area (Å²) in [6.45, 7) is 2.51. The number of hydrogen-bond acceptors (Lipinski definition) is 3. The van der Waals surface area contributed by atoms with E-state index in [0.717, 1.165) is 12.8 Å². The molecule has 1 amide bonds. The Balaban J connectivity index is 1.75. The lowest BCUT2D eigenvalue weighted by atomic mass is 9.92. The number of likely N-dealkylation sites (N-methyl/N-ethyl adjacent to an activating group) is 1. The molecule has 0 aliphatic heterocycles. The second-order valence-electron chi connectivity index (χ2n) is 5.88. The van der Waals surface area contributed by atoms with E-state index in [-0.39, 0.29) is 24.3 Å². The maximum atomic E-state index is 12.7. The third-order valence-corrected chi connectivity index (χ3v) is 4.86. The smallest absolute Gasteiger partial charge is 0.325 e. The molecule has 1 aromatic carbocycles. The average molecular weight is 287 g/mol. The largest absolute Gasteiger partial charge is 0.468 e. The Hall–Kier alpha value is -1.84. The van der Waals surface area contributed by atoms with Crippen molar-refractivity contribution in [3.63, 3.8) is 0 Å². The molecule has 0 saturated heterocycles. The number of carbonyl (C=O) groups is 2. The van der Waals surface area contributed by atoms with Gasteiger partial charge in [0.05, 0.1) is 7.11 Å². The molecular formula is C17H21NO3. The van der Waals surface area contributed by atoms with Crippen molar-refractivity contribution in [2.75, 3.05) is 20.2 Å². The summed E-state index contributed by atoms with van der Waals surface area (Å²) in [7, 11) is 1.35. The van der Waals surface area contributed by atoms with Gasteiger partial charge in [-0.1, -0.05) is 24.3 Å². The summed E-state index contributed by atoms with van der Waals surface area (Å²) in [5.41, 5.74) is 2.71. The summed E-state index contributed by atoms with van der Waals surface area (Å²) >= 11 is 0. The molecule has 1 saturated carbocycles. The predicted molar refractivity (Wildman–Crippen MR) is 78.8 cm³/mol. The number of rotatable bonds is 4. The molecule has 0 aromatic heterocycles. The van der Waals surface area contributed by atoms with Crippen molar-refractivity contribution in [1.82, 2.24) is 4.90 Å². The molecule has 1 aromatic rings. The fourth-order valence-electron chi connectivity index (χ4n) is 3.68. The van der Waals surface area contributed by atoms with Gasteiger partial charge in [-0.3, -0.25) is 9.59 Å². The van der Waals surface area contributed by atoms with Crippen molar-refractivity contribution in [3.05, 3.63) is 35.4 Å². The van der Waals surface area contributed by atoms with Crippen LogP contribution < -0.4 is 0 Å². The van der Waals surface area contributed by atoms with Gasteiger partial charge in [0.25, 0.3) is 0 Å². The van der Waals surface area contributed by atoms with Crippen LogP contribution in [0.15, 0.2) is 24.3 Å². The number of nitrogens with zero attached hydrogens (tertiary/aromatic N) is 1. The van der Waals surface area contributed by atoms with Crippen LogP contribution in [0.3, 0.4) is 0 Å². The second kappa shape index (κ2) is 5.51. The lowest BCUT2D eigenvalue weighted by molar-refractivity contribution is -0.147. The van der Waals surface area contributed by atoms with Crippen LogP contribution in [-0.2, 0) is 20.7 Å². The number of amides is 1. The first-order chi connectivity index (χ1) is 10.2. The van der Waals surface area contributed by atoms with Crippen molar-refractivity contribution < 1.29 is 14.3 Å². The molecule has 3 rings (SSSR count). The standard InChI is InChI=1S/C17H21NO3/c1-3-18(10-14(19)21-2)17(20)16-13-9-8-11-6-4-5-7-12(11)15(13)16/h4-7,13,15-16H,3,8-10H2,1-2H3. The molecule has 112 valence electrons. The first-order valence-corrected chi connectivity index (χ1v) is 7.60. The molecule has 2 aliphatic carbocycles. The van der Waals surface area contributed by atoms with Crippen molar-refractivity contribution in [1.29, 1.82) is 0 Å². The van der Waals surface area contributed by atoms with E-state index in [1.54, 1.807) is 4.90 Å². The Kier molecular flexibility index (Phi) is 3.70. The minimum Gasteiger partial charge on any atom is -0.468 e. The topological polar surface area (TPSA) is 46.6 Å². The van der Waals surface area contributed by atoms with E-state index in [1.165, 1.54) is 18.2 Å². The molecule has 0 heterocycles. The van der Waals surface area contributed by atoms with Crippen LogP contribution in [0.25, 0.3) is 0 Å². The third-order valence-electron chi connectivity index (χ3n) is 4.86. The molecule has 21 heavy (non-hydrogen) atoms.